The summed E-state index contributed by atoms with van der Waals surface area (Å²) in [6.07, 6.45) is 0. The molecule has 16 heavy (non-hydrogen) atoms. The first-order valence-corrected chi connectivity index (χ1v) is 6.09. The minimum atomic E-state index is 0.688. The molecule has 4 heteroatoms. The lowest BCUT2D eigenvalue weighted by molar-refractivity contribution is -0.907. The Morgan fingerprint density at radius 1 is 1.06 bits per heavy atom. The van der Waals surface area contributed by atoms with Crippen LogP contribution < -0.4 is 0 Å². The molecule has 0 aliphatic rings. The second-order valence-electron chi connectivity index (χ2n) is 4.79. The molecule has 0 heterocycles. The molecule has 0 amide bonds. The summed E-state index contributed by atoms with van der Waals surface area (Å²) in [7, 11) is 8.24. The Kier molecular flexibility index (Phi) is 8.84. The van der Waals surface area contributed by atoms with Gasteiger partial charge in [0.25, 0.3) is 0 Å². The van der Waals surface area contributed by atoms with Crippen molar-refractivity contribution in [2.45, 2.75) is 6.92 Å². The lowest BCUT2D eigenvalue weighted by Crippen LogP contribution is -2.49. The van der Waals surface area contributed by atoms with E-state index in [-0.39, 0.29) is 0 Å². The van der Waals surface area contributed by atoms with E-state index in [0.717, 1.165) is 30.7 Å². The van der Waals surface area contributed by atoms with Gasteiger partial charge in [-0.3, -0.25) is 0 Å². The molecule has 98 valence electrons. The predicted molar refractivity (Wildman–Crippen MR) is 67.7 cm³/mol. The van der Waals surface area contributed by atoms with Crippen LogP contribution >= 0.6 is 0 Å². The molecule has 0 spiro atoms. The summed E-state index contributed by atoms with van der Waals surface area (Å²) in [4.78, 5) is 2.23. The zero-order valence-electron chi connectivity index (χ0n) is 11.7. The SMILES string of the molecule is CC[N+](C)(CCOCCOC)CCN(C)C. The second-order valence-corrected chi connectivity index (χ2v) is 4.79. The molecule has 0 saturated carbocycles. The van der Waals surface area contributed by atoms with Crippen molar-refractivity contribution in [2.24, 2.45) is 0 Å². The van der Waals surface area contributed by atoms with Gasteiger partial charge in [0, 0.05) is 13.7 Å². The second kappa shape index (κ2) is 8.93. The molecule has 0 saturated heterocycles. The highest BCUT2D eigenvalue weighted by atomic mass is 16.5. The lowest BCUT2D eigenvalue weighted by atomic mass is 10.3. The minimum absolute atomic E-state index is 0.688. The van der Waals surface area contributed by atoms with Crippen LogP contribution in [0.3, 0.4) is 0 Å². The highest BCUT2D eigenvalue weighted by molar-refractivity contribution is 4.44. The van der Waals surface area contributed by atoms with E-state index in [2.05, 4.69) is 33.0 Å². The Morgan fingerprint density at radius 3 is 2.25 bits per heavy atom. The summed E-state index contributed by atoms with van der Waals surface area (Å²) >= 11 is 0. The van der Waals surface area contributed by atoms with Gasteiger partial charge in [-0.15, -0.1) is 0 Å². The number of methoxy groups -OCH3 is 1. The fourth-order valence-corrected chi connectivity index (χ4v) is 1.40. The van der Waals surface area contributed by atoms with Crippen LogP contribution in [0, 0.1) is 0 Å². The molecule has 1 atom stereocenters. The Bertz CT molecular complexity index is 165. The third-order valence-corrected chi connectivity index (χ3v) is 3.06. The van der Waals surface area contributed by atoms with Crippen molar-refractivity contribution in [3.8, 4) is 0 Å². The molecule has 0 radical (unpaired) electrons. The highest BCUT2D eigenvalue weighted by Gasteiger charge is 2.18. The largest absolute Gasteiger partial charge is 0.382 e. The van der Waals surface area contributed by atoms with Crippen molar-refractivity contribution < 1.29 is 14.0 Å². The standard InChI is InChI=1S/C12H29N2O2/c1-6-14(4,8-7-13(2)3)9-10-16-12-11-15-5/h6-12H2,1-5H3/q+1. The van der Waals surface area contributed by atoms with Gasteiger partial charge in [-0.05, 0) is 21.0 Å². The Balaban J connectivity index is 3.69. The van der Waals surface area contributed by atoms with Gasteiger partial charge in [-0.25, -0.2) is 0 Å². The van der Waals surface area contributed by atoms with Crippen molar-refractivity contribution in [3.05, 3.63) is 0 Å². The number of nitrogens with zero attached hydrogens (tertiary/aromatic N) is 2. The Hall–Kier alpha value is -0.160. The van der Waals surface area contributed by atoms with Gasteiger partial charge in [-0.1, -0.05) is 0 Å². The number of hydrogen-bond acceptors (Lipinski definition) is 3. The topological polar surface area (TPSA) is 21.7 Å². The van der Waals surface area contributed by atoms with Gasteiger partial charge >= 0.3 is 0 Å². The van der Waals surface area contributed by atoms with Crippen LogP contribution in [0.5, 0.6) is 0 Å². The third-order valence-electron chi connectivity index (χ3n) is 3.06. The zero-order chi connectivity index (χ0) is 12.4. The summed E-state index contributed by atoms with van der Waals surface area (Å²) in [5.41, 5.74) is 0. The van der Waals surface area contributed by atoms with E-state index < -0.39 is 0 Å². The first kappa shape index (κ1) is 15.8. The number of quaternary nitrogens is 1. The molecule has 0 aromatic heterocycles. The van der Waals surface area contributed by atoms with E-state index in [1.807, 2.05) is 0 Å². The van der Waals surface area contributed by atoms with E-state index >= 15 is 0 Å². The van der Waals surface area contributed by atoms with E-state index in [0.29, 0.717) is 13.2 Å². The average molecular weight is 233 g/mol. The molecule has 0 aromatic carbocycles. The molecule has 0 aliphatic heterocycles. The van der Waals surface area contributed by atoms with Crippen LogP contribution in [-0.4, -0.2) is 83.6 Å². The number of hydrogen-bond donors (Lipinski definition) is 0. The van der Waals surface area contributed by atoms with Crippen LogP contribution in [0.15, 0.2) is 0 Å². The molecular weight excluding hydrogens is 204 g/mol. The third kappa shape index (κ3) is 8.05. The highest BCUT2D eigenvalue weighted by Crippen LogP contribution is 2.01. The van der Waals surface area contributed by atoms with E-state index in [1.54, 1.807) is 7.11 Å². The van der Waals surface area contributed by atoms with E-state index in [4.69, 9.17) is 9.47 Å². The summed E-state index contributed by atoms with van der Waals surface area (Å²) in [5, 5.41) is 0. The summed E-state index contributed by atoms with van der Waals surface area (Å²) in [6.45, 7) is 8.99. The maximum absolute atomic E-state index is 5.52. The molecule has 1 unspecified atom stereocenters. The van der Waals surface area contributed by atoms with Crippen molar-refractivity contribution in [3.63, 3.8) is 0 Å². The van der Waals surface area contributed by atoms with Crippen LogP contribution in [0.25, 0.3) is 0 Å². The molecule has 0 rings (SSSR count). The molecule has 0 bridgehead atoms. The number of likely N-dealkylation sites (N-methyl/N-ethyl adjacent to an activating group) is 2. The monoisotopic (exact) mass is 233 g/mol. The number of rotatable bonds is 10. The van der Waals surface area contributed by atoms with Crippen LogP contribution in [-0.2, 0) is 9.47 Å². The summed E-state index contributed by atoms with van der Waals surface area (Å²) in [5.74, 6) is 0. The Labute approximate surface area is 101 Å². The molecule has 0 aromatic rings. The molecule has 0 fully saturated rings. The quantitative estimate of drug-likeness (QED) is 0.409. The smallest absolute Gasteiger partial charge is 0.102 e. The van der Waals surface area contributed by atoms with Crippen LogP contribution in [0.2, 0.25) is 0 Å². The van der Waals surface area contributed by atoms with Gasteiger partial charge in [-0.2, -0.15) is 0 Å². The van der Waals surface area contributed by atoms with Crippen LogP contribution in [0.1, 0.15) is 6.92 Å². The maximum Gasteiger partial charge on any atom is 0.102 e. The summed E-state index contributed by atoms with van der Waals surface area (Å²) < 4.78 is 11.5. The van der Waals surface area contributed by atoms with Crippen molar-refractivity contribution in [1.82, 2.24) is 4.90 Å². The normalized spacial score (nSPS) is 15.4. The van der Waals surface area contributed by atoms with Gasteiger partial charge in [0.2, 0.25) is 0 Å². The average Bonchev–Trinajstić information content (AvgIpc) is 2.26. The van der Waals surface area contributed by atoms with E-state index in [1.165, 1.54) is 6.54 Å². The van der Waals surface area contributed by atoms with Gasteiger partial charge in [0.05, 0.1) is 40.0 Å². The fraction of sp³-hybridized carbons (Fsp3) is 1.00. The number of ether oxygens (including phenoxy) is 2. The first-order valence-electron chi connectivity index (χ1n) is 6.09. The van der Waals surface area contributed by atoms with Crippen molar-refractivity contribution in [2.75, 3.05) is 74.3 Å². The minimum Gasteiger partial charge on any atom is -0.382 e. The van der Waals surface area contributed by atoms with Gasteiger partial charge in [0.15, 0.2) is 0 Å². The van der Waals surface area contributed by atoms with Gasteiger partial charge in [0.1, 0.15) is 6.54 Å². The molecule has 4 nitrogen and oxygen atoms in total. The molecule has 0 N–H and O–H groups in total. The summed E-state index contributed by atoms with van der Waals surface area (Å²) in [6, 6.07) is 0. The molecule has 0 aliphatic carbocycles. The van der Waals surface area contributed by atoms with Crippen molar-refractivity contribution >= 4 is 0 Å². The van der Waals surface area contributed by atoms with Gasteiger partial charge < -0.3 is 18.9 Å². The van der Waals surface area contributed by atoms with E-state index in [9.17, 15) is 0 Å². The van der Waals surface area contributed by atoms with Crippen LogP contribution in [0.4, 0.5) is 0 Å². The maximum atomic E-state index is 5.52. The predicted octanol–water partition coefficient (Wildman–Crippen LogP) is 0.678. The lowest BCUT2D eigenvalue weighted by Gasteiger charge is -2.34. The zero-order valence-corrected chi connectivity index (χ0v) is 11.7. The molecular formula is C12H29N2O2+. The Morgan fingerprint density at radius 2 is 1.75 bits per heavy atom. The van der Waals surface area contributed by atoms with Crippen molar-refractivity contribution in [1.29, 1.82) is 0 Å². The fourth-order valence-electron chi connectivity index (χ4n) is 1.40. The first-order chi connectivity index (χ1) is 7.54.